The third-order valence-electron chi connectivity index (χ3n) is 5.30. The number of hydrogen-bond acceptors (Lipinski definition) is 4. The first-order chi connectivity index (χ1) is 11.7. The van der Waals surface area contributed by atoms with Gasteiger partial charge < -0.3 is 13.9 Å². The topological polar surface area (TPSA) is 64.2 Å². The van der Waals surface area contributed by atoms with Crippen LogP contribution in [0.5, 0.6) is 0 Å². The Morgan fingerprint density at radius 3 is 2.96 bits per heavy atom. The van der Waals surface area contributed by atoms with Crippen LogP contribution in [-0.4, -0.2) is 38.7 Å². The number of amides is 1. The monoisotopic (exact) mass is 328 g/mol. The molecule has 6 heteroatoms. The standard InChI is InChI=1S/C18H24N4O2/c1-13-15(8-11-24-13)18(23)21-9-5-6-14(12-21)17-20-19-16-7-3-2-4-10-22(16)17/h8,11,14H,2-7,9-10,12H2,1H3. The molecule has 0 bridgehead atoms. The highest BCUT2D eigenvalue weighted by molar-refractivity contribution is 5.95. The Kier molecular flexibility index (Phi) is 4.12. The molecule has 1 atom stereocenters. The molecule has 0 radical (unpaired) electrons. The van der Waals surface area contributed by atoms with Crippen molar-refractivity contribution in [3.63, 3.8) is 0 Å². The van der Waals surface area contributed by atoms with Gasteiger partial charge >= 0.3 is 0 Å². The first-order valence-electron chi connectivity index (χ1n) is 8.99. The van der Waals surface area contributed by atoms with Gasteiger partial charge in [0.05, 0.1) is 11.8 Å². The van der Waals surface area contributed by atoms with E-state index < -0.39 is 0 Å². The third kappa shape index (κ3) is 2.74. The molecule has 4 heterocycles. The van der Waals surface area contributed by atoms with E-state index in [1.165, 1.54) is 19.3 Å². The molecule has 6 nitrogen and oxygen atoms in total. The molecule has 1 amide bonds. The maximum atomic E-state index is 12.8. The van der Waals surface area contributed by atoms with Crippen molar-refractivity contribution in [3.8, 4) is 0 Å². The number of hydrogen-bond donors (Lipinski definition) is 0. The second-order valence-corrected chi connectivity index (χ2v) is 6.92. The molecule has 1 unspecified atom stereocenters. The van der Waals surface area contributed by atoms with Gasteiger partial charge in [-0.2, -0.15) is 0 Å². The summed E-state index contributed by atoms with van der Waals surface area (Å²) in [4.78, 5) is 14.7. The minimum atomic E-state index is 0.0709. The van der Waals surface area contributed by atoms with E-state index in [4.69, 9.17) is 4.42 Å². The van der Waals surface area contributed by atoms with Crippen LogP contribution in [0.4, 0.5) is 0 Å². The van der Waals surface area contributed by atoms with Crippen LogP contribution >= 0.6 is 0 Å². The molecule has 0 N–H and O–H groups in total. The summed E-state index contributed by atoms with van der Waals surface area (Å²) < 4.78 is 7.60. The van der Waals surface area contributed by atoms with Crippen molar-refractivity contribution in [1.29, 1.82) is 0 Å². The summed E-state index contributed by atoms with van der Waals surface area (Å²) >= 11 is 0. The summed E-state index contributed by atoms with van der Waals surface area (Å²) in [5, 5.41) is 8.91. The highest BCUT2D eigenvalue weighted by Crippen LogP contribution is 2.29. The molecule has 24 heavy (non-hydrogen) atoms. The number of rotatable bonds is 2. The van der Waals surface area contributed by atoms with E-state index in [2.05, 4.69) is 14.8 Å². The lowest BCUT2D eigenvalue weighted by molar-refractivity contribution is 0.0701. The van der Waals surface area contributed by atoms with E-state index in [1.807, 2.05) is 11.8 Å². The van der Waals surface area contributed by atoms with Crippen LogP contribution in [0.3, 0.4) is 0 Å². The first kappa shape index (κ1) is 15.4. The maximum Gasteiger partial charge on any atom is 0.257 e. The Labute approximate surface area is 141 Å². The van der Waals surface area contributed by atoms with E-state index in [0.717, 1.165) is 50.5 Å². The van der Waals surface area contributed by atoms with Crippen LogP contribution in [0.15, 0.2) is 16.7 Å². The zero-order valence-electron chi connectivity index (χ0n) is 14.2. The molecule has 1 fully saturated rings. The van der Waals surface area contributed by atoms with Crippen molar-refractivity contribution in [1.82, 2.24) is 19.7 Å². The third-order valence-corrected chi connectivity index (χ3v) is 5.30. The number of piperidine rings is 1. The molecule has 128 valence electrons. The van der Waals surface area contributed by atoms with Crippen molar-refractivity contribution in [2.45, 2.75) is 57.9 Å². The molecule has 2 aromatic rings. The van der Waals surface area contributed by atoms with Crippen LogP contribution in [0.25, 0.3) is 0 Å². The molecule has 2 aliphatic heterocycles. The van der Waals surface area contributed by atoms with Crippen LogP contribution in [0.1, 0.15) is 65.8 Å². The van der Waals surface area contributed by atoms with Gasteiger partial charge in [0.15, 0.2) is 0 Å². The normalized spacial score (nSPS) is 21.4. The molecule has 1 saturated heterocycles. The second kappa shape index (κ2) is 6.42. The summed E-state index contributed by atoms with van der Waals surface area (Å²) in [6.45, 7) is 4.39. The van der Waals surface area contributed by atoms with Crippen molar-refractivity contribution in [2.24, 2.45) is 0 Å². The van der Waals surface area contributed by atoms with Gasteiger partial charge in [-0.3, -0.25) is 4.79 Å². The number of carbonyl (C=O) groups is 1. The average molecular weight is 328 g/mol. The Balaban J connectivity index is 1.54. The second-order valence-electron chi connectivity index (χ2n) is 6.92. The smallest absolute Gasteiger partial charge is 0.257 e. The van der Waals surface area contributed by atoms with E-state index in [0.29, 0.717) is 11.3 Å². The zero-order valence-corrected chi connectivity index (χ0v) is 14.2. The largest absolute Gasteiger partial charge is 0.469 e. The van der Waals surface area contributed by atoms with Crippen molar-refractivity contribution in [3.05, 3.63) is 35.3 Å². The predicted octanol–water partition coefficient (Wildman–Crippen LogP) is 2.93. The number of fused-ring (bicyclic) bond motifs is 1. The maximum absolute atomic E-state index is 12.8. The summed E-state index contributed by atoms with van der Waals surface area (Å²) in [5.41, 5.74) is 0.677. The molecular formula is C18H24N4O2. The predicted molar refractivity (Wildman–Crippen MR) is 88.9 cm³/mol. The number of nitrogens with zero attached hydrogens (tertiary/aromatic N) is 4. The average Bonchev–Trinajstić information content (AvgIpc) is 3.14. The minimum Gasteiger partial charge on any atom is -0.469 e. The Hall–Kier alpha value is -2.11. The van der Waals surface area contributed by atoms with Crippen LogP contribution < -0.4 is 0 Å². The lowest BCUT2D eigenvalue weighted by atomic mass is 9.96. The molecule has 2 aliphatic rings. The van der Waals surface area contributed by atoms with Crippen molar-refractivity contribution < 1.29 is 9.21 Å². The van der Waals surface area contributed by atoms with E-state index in [9.17, 15) is 4.79 Å². The lowest BCUT2D eigenvalue weighted by Gasteiger charge is -2.32. The summed E-state index contributed by atoms with van der Waals surface area (Å²) in [5.74, 6) is 3.25. The Bertz CT molecular complexity index is 733. The molecule has 2 aromatic heterocycles. The van der Waals surface area contributed by atoms with Crippen molar-refractivity contribution >= 4 is 5.91 Å². The van der Waals surface area contributed by atoms with Gasteiger partial charge in [-0.15, -0.1) is 10.2 Å². The Morgan fingerprint density at radius 1 is 1.21 bits per heavy atom. The highest BCUT2D eigenvalue weighted by atomic mass is 16.3. The number of carbonyl (C=O) groups excluding carboxylic acids is 1. The number of aryl methyl sites for hydroxylation is 2. The minimum absolute atomic E-state index is 0.0709. The van der Waals surface area contributed by atoms with Gasteiger partial charge in [-0.05, 0) is 38.7 Å². The van der Waals surface area contributed by atoms with Gasteiger partial charge in [-0.25, -0.2) is 0 Å². The molecule has 0 saturated carbocycles. The number of aromatic nitrogens is 3. The zero-order chi connectivity index (χ0) is 16.5. The quantitative estimate of drug-likeness (QED) is 0.850. The lowest BCUT2D eigenvalue weighted by Crippen LogP contribution is -2.40. The summed E-state index contributed by atoms with van der Waals surface area (Å²) in [7, 11) is 0. The number of likely N-dealkylation sites (tertiary alicyclic amines) is 1. The Morgan fingerprint density at radius 2 is 2.12 bits per heavy atom. The molecule has 0 aliphatic carbocycles. The highest BCUT2D eigenvalue weighted by Gasteiger charge is 2.30. The van der Waals surface area contributed by atoms with Crippen molar-refractivity contribution in [2.75, 3.05) is 13.1 Å². The summed E-state index contributed by atoms with van der Waals surface area (Å²) in [6.07, 6.45) is 8.35. The first-order valence-corrected chi connectivity index (χ1v) is 8.99. The fourth-order valence-corrected chi connectivity index (χ4v) is 3.96. The molecular weight excluding hydrogens is 304 g/mol. The number of furan rings is 1. The van der Waals surface area contributed by atoms with Crippen LogP contribution in [0, 0.1) is 6.92 Å². The molecule has 0 spiro atoms. The fraction of sp³-hybridized carbons (Fsp3) is 0.611. The van der Waals surface area contributed by atoms with Gasteiger partial charge in [-0.1, -0.05) is 6.42 Å². The fourth-order valence-electron chi connectivity index (χ4n) is 3.96. The van der Waals surface area contributed by atoms with Gasteiger partial charge in [0, 0.05) is 32.0 Å². The summed E-state index contributed by atoms with van der Waals surface area (Å²) in [6, 6.07) is 1.77. The SMILES string of the molecule is Cc1occc1C(=O)N1CCCC(c2nnc3n2CCCCC3)C1. The van der Waals surface area contributed by atoms with Crippen LogP contribution in [0.2, 0.25) is 0 Å². The van der Waals surface area contributed by atoms with Gasteiger partial charge in [0.1, 0.15) is 17.4 Å². The van der Waals surface area contributed by atoms with Gasteiger partial charge in [0.2, 0.25) is 0 Å². The van der Waals surface area contributed by atoms with E-state index in [1.54, 1.807) is 12.3 Å². The molecule has 4 rings (SSSR count). The van der Waals surface area contributed by atoms with Gasteiger partial charge in [0.25, 0.3) is 5.91 Å². The van der Waals surface area contributed by atoms with E-state index in [-0.39, 0.29) is 11.8 Å². The molecule has 0 aromatic carbocycles. The van der Waals surface area contributed by atoms with Crippen LogP contribution in [-0.2, 0) is 13.0 Å². The van der Waals surface area contributed by atoms with E-state index >= 15 is 0 Å².